The van der Waals surface area contributed by atoms with Crippen LogP contribution in [0.1, 0.15) is 29.1 Å². The number of Topliss-reactive ketones (excluding diaryl/α,β-unsaturated/α-hetero) is 1. The molecule has 0 saturated carbocycles. The van der Waals surface area contributed by atoms with E-state index in [1.165, 1.54) is 24.6 Å². The largest absolute Gasteiger partial charge is 0.459 e. The molecule has 3 N–H and O–H groups in total. The van der Waals surface area contributed by atoms with E-state index in [9.17, 15) is 22.8 Å². The summed E-state index contributed by atoms with van der Waals surface area (Å²) in [7, 11) is -3.96. The van der Waals surface area contributed by atoms with Gasteiger partial charge in [-0.2, -0.15) is 4.31 Å². The number of carbonyl (C=O) groups is 3. The van der Waals surface area contributed by atoms with Crippen molar-refractivity contribution in [1.29, 1.82) is 0 Å². The number of rotatable bonds is 8. The van der Waals surface area contributed by atoms with Crippen LogP contribution in [-0.4, -0.2) is 65.5 Å². The first-order chi connectivity index (χ1) is 18.8. The molecule has 202 valence electrons. The summed E-state index contributed by atoms with van der Waals surface area (Å²) in [4.78, 5) is 46.4. The molecule has 4 aromatic rings. The number of para-hydroxylation sites is 1. The molecule has 3 aromatic heterocycles. The molecule has 2 amide bonds. The standard InChI is InChI=1S/C27H27N5O6S/c33-23-17-32(39(36,37)25-11-3-4-12-28-25)13-5-9-21(23)30-26(34)22(31-27(35)24-10-6-14-38-24)16-19-15-18-7-1-2-8-20(18)29-19/h1-4,6-8,10-12,14-15,21-22,29H,5,9,13,16-17H2,(H,30,34)(H,31,35)/t21-,22-/m0/s1. The fourth-order valence-corrected chi connectivity index (χ4v) is 5.94. The van der Waals surface area contributed by atoms with Gasteiger partial charge in [-0.3, -0.25) is 14.4 Å². The van der Waals surface area contributed by atoms with Gasteiger partial charge in [0.25, 0.3) is 15.9 Å². The lowest BCUT2D eigenvalue weighted by atomic mass is 10.1. The third-order valence-corrected chi connectivity index (χ3v) is 8.32. The van der Waals surface area contributed by atoms with E-state index in [-0.39, 0.29) is 30.2 Å². The van der Waals surface area contributed by atoms with Crippen molar-refractivity contribution in [2.75, 3.05) is 13.1 Å². The van der Waals surface area contributed by atoms with Gasteiger partial charge < -0.3 is 20.0 Å². The maximum Gasteiger partial charge on any atom is 0.287 e. The van der Waals surface area contributed by atoms with Crippen molar-refractivity contribution >= 4 is 38.5 Å². The van der Waals surface area contributed by atoms with Crippen LogP contribution >= 0.6 is 0 Å². The van der Waals surface area contributed by atoms with Crippen LogP contribution in [0, 0.1) is 0 Å². The van der Waals surface area contributed by atoms with Crippen molar-refractivity contribution in [3.8, 4) is 0 Å². The minimum Gasteiger partial charge on any atom is -0.459 e. The lowest BCUT2D eigenvalue weighted by Gasteiger charge is -2.22. The van der Waals surface area contributed by atoms with Crippen LogP contribution in [0.4, 0.5) is 0 Å². The Morgan fingerprint density at radius 2 is 1.95 bits per heavy atom. The second-order valence-corrected chi connectivity index (χ2v) is 11.2. The molecular formula is C27H27N5O6S. The molecule has 1 fully saturated rings. The van der Waals surface area contributed by atoms with E-state index in [0.717, 1.165) is 20.9 Å². The van der Waals surface area contributed by atoms with E-state index < -0.39 is 46.2 Å². The van der Waals surface area contributed by atoms with Crippen molar-refractivity contribution < 1.29 is 27.2 Å². The monoisotopic (exact) mass is 549 g/mol. The highest BCUT2D eigenvalue weighted by atomic mass is 32.2. The average Bonchev–Trinajstić information content (AvgIpc) is 3.58. The number of nitrogens with zero attached hydrogens (tertiary/aromatic N) is 2. The number of hydrogen-bond acceptors (Lipinski definition) is 7. The molecule has 0 radical (unpaired) electrons. The maximum atomic E-state index is 13.4. The summed E-state index contributed by atoms with van der Waals surface area (Å²) in [6.45, 7) is -0.278. The molecule has 4 heterocycles. The van der Waals surface area contributed by atoms with E-state index in [0.29, 0.717) is 6.42 Å². The molecule has 1 saturated heterocycles. The number of furan rings is 1. The molecule has 2 atom stereocenters. The molecule has 1 aliphatic heterocycles. The van der Waals surface area contributed by atoms with Crippen molar-refractivity contribution in [2.45, 2.75) is 36.4 Å². The molecule has 11 nitrogen and oxygen atoms in total. The van der Waals surface area contributed by atoms with E-state index in [4.69, 9.17) is 4.42 Å². The molecule has 1 aliphatic rings. The number of hydrogen-bond donors (Lipinski definition) is 3. The summed E-state index contributed by atoms with van der Waals surface area (Å²) in [5.41, 5.74) is 1.60. The van der Waals surface area contributed by atoms with E-state index in [2.05, 4.69) is 20.6 Å². The second kappa shape index (κ2) is 11.2. The van der Waals surface area contributed by atoms with Crippen LogP contribution in [-0.2, 0) is 26.0 Å². The maximum absolute atomic E-state index is 13.4. The highest BCUT2D eigenvalue weighted by molar-refractivity contribution is 7.89. The smallest absolute Gasteiger partial charge is 0.287 e. The highest BCUT2D eigenvalue weighted by Gasteiger charge is 2.35. The normalized spacial score (nSPS) is 17.4. The van der Waals surface area contributed by atoms with Gasteiger partial charge in [0, 0.05) is 30.4 Å². The number of carbonyl (C=O) groups excluding carboxylic acids is 3. The van der Waals surface area contributed by atoms with Crippen LogP contribution in [0.25, 0.3) is 10.9 Å². The summed E-state index contributed by atoms with van der Waals surface area (Å²) >= 11 is 0. The zero-order valence-electron chi connectivity index (χ0n) is 20.9. The molecule has 0 bridgehead atoms. The summed E-state index contributed by atoms with van der Waals surface area (Å²) in [6.07, 6.45) is 3.48. The number of pyridine rings is 1. The van der Waals surface area contributed by atoms with Gasteiger partial charge in [-0.25, -0.2) is 13.4 Å². The number of ketones is 1. The SMILES string of the molecule is O=C(N[C@@H](Cc1cc2ccccc2[nH]1)C(=O)N[C@H]1CCCN(S(=O)(=O)c2ccccn2)CC1=O)c1ccco1. The summed E-state index contributed by atoms with van der Waals surface area (Å²) < 4.78 is 32.2. The van der Waals surface area contributed by atoms with Crippen LogP contribution in [0.5, 0.6) is 0 Å². The summed E-state index contributed by atoms with van der Waals surface area (Å²) in [5, 5.41) is 6.25. The molecule has 39 heavy (non-hydrogen) atoms. The van der Waals surface area contributed by atoms with Crippen LogP contribution in [0.15, 0.2) is 82.6 Å². The average molecular weight is 550 g/mol. The molecular weight excluding hydrogens is 522 g/mol. The van der Waals surface area contributed by atoms with Gasteiger partial charge in [0.05, 0.1) is 18.8 Å². The minimum absolute atomic E-state index is 0.0466. The lowest BCUT2D eigenvalue weighted by molar-refractivity contribution is -0.128. The number of nitrogens with one attached hydrogen (secondary N) is 3. The summed E-state index contributed by atoms with van der Waals surface area (Å²) in [5.74, 6) is -1.53. The number of benzene rings is 1. The Morgan fingerprint density at radius 1 is 1.13 bits per heavy atom. The Kier molecular flexibility index (Phi) is 7.57. The van der Waals surface area contributed by atoms with Gasteiger partial charge in [-0.15, -0.1) is 0 Å². The van der Waals surface area contributed by atoms with Gasteiger partial charge in [-0.1, -0.05) is 24.3 Å². The third kappa shape index (κ3) is 5.91. The molecule has 0 aliphatic carbocycles. The Hall–Kier alpha value is -4.29. The van der Waals surface area contributed by atoms with Crippen molar-refractivity contribution in [2.24, 2.45) is 0 Å². The van der Waals surface area contributed by atoms with Crippen molar-refractivity contribution in [1.82, 2.24) is 24.9 Å². The first-order valence-corrected chi connectivity index (χ1v) is 13.9. The van der Waals surface area contributed by atoms with E-state index in [1.54, 1.807) is 18.2 Å². The Bertz CT molecular complexity index is 1550. The van der Waals surface area contributed by atoms with Gasteiger partial charge in [0.2, 0.25) is 5.91 Å². The fourth-order valence-electron chi connectivity index (χ4n) is 4.57. The predicted octanol–water partition coefficient (Wildman–Crippen LogP) is 2.04. The number of H-pyrrole nitrogens is 1. The van der Waals surface area contributed by atoms with Gasteiger partial charge in [0.1, 0.15) is 6.04 Å². The first-order valence-electron chi connectivity index (χ1n) is 12.5. The van der Waals surface area contributed by atoms with Gasteiger partial charge in [-0.05, 0) is 54.6 Å². The predicted molar refractivity (Wildman–Crippen MR) is 141 cm³/mol. The Morgan fingerprint density at radius 3 is 2.69 bits per heavy atom. The van der Waals surface area contributed by atoms with Crippen LogP contribution < -0.4 is 10.6 Å². The van der Waals surface area contributed by atoms with Gasteiger partial charge >= 0.3 is 0 Å². The van der Waals surface area contributed by atoms with Crippen LogP contribution in [0.2, 0.25) is 0 Å². The molecule has 5 rings (SSSR count). The topological polar surface area (TPSA) is 154 Å². The zero-order chi connectivity index (χ0) is 27.4. The van der Waals surface area contributed by atoms with Crippen molar-refractivity contribution in [3.63, 3.8) is 0 Å². The van der Waals surface area contributed by atoms with Crippen LogP contribution in [0.3, 0.4) is 0 Å². The van der Waals surface area contributed by atoms with E-state index >= 15 is 0 Å². The molecule has 0 unspecified atom stereocenters. The zero-order valence-corrected chi connectivity index (χ0v) is 21.7. The Balaban J connectivity index is 1.31. The molecule has 1 aromatic carbocycles. The lowest BCUT2D eigenvalue weighted by Crippen LogP contribution is -2.53. The first kappa shape index (κ1) is 26.3. The molecule has 0 spiro atoms. The van der Waals surface area contributed by atoms with Crippen molar-refractivity contribution in [3.05, 3.63) is 84.6 Å². The highest BCUT2D eigenvalue weighted by Crippen LogP contribution is 2.19. The summed E-state index contributed by atoms with van der Waals surface area (Å²) in [6, 6.07) is 15.2. The Labute approximate surface area is 224 Å². The number of aromatic nitrogens is 2. The number of fused-ring (bicyclic) bond motifs is 1. The number of aromatic amines is 1. The van der Waals surface area contributed by atoms with E-state index in [1.807, 2.05) is 30.3 Å². The molecule has 12 heteroatoms. The number of amides is 2. The fraction of sp³-hybridized carbons (Fsp3) is 0.259. The van der Waals surface area contributed by atoms with Gasteiger partial charge in [0.15, 0.2) is 16.6 Å². The number of sulfonamides is 1. The third-order valence-electron chi connectivity index (χ3n) is 6.56. The second-order valence-electron chi connectivity index (χ2n) is 9.27. The minimum atomic E-state index is -3.96. The quantitative estimate of drug-likeness (QED) is 0.304.